The largest absolute Gasteiger partial charge is 0.497 e. The van der Waals surface area contributed by atoms with E-state index < -0.39 is 10.0 Å². The topological polar surface area (TPSA) is 49.9 Å². The molecular weight excluding hydrogens is 288 g/mol. The minimum absolute atomic E-state index is 0.0188. The lowest BCUT2D eigenvalue weighted by molar-refractivity contribution is 0.170. The van der Waals surface area contributed by atoms with Crippen LogP contribution < -0.4 is 4.74 Å². The normalized spacial score (nSPS) is 21.5. The van der Waals surface area contributed by atoms with Crippen molar-refractivity contribution in [2.45, 2.75) is 31.7 Å². The molecule has 1 unspecified atom stereocenters. The predicted octanol–water partition coefficient (Wildman–Crippen LogP) is 1.64. The summed E-state index contributed by atoms with van der Waals surface area (Å²) < 4.78 is 32.9. The van der Waals surface area contributed by atoms with E-state index in [1.54, 1.807) is 23.5 Å². The molecule has 6 heteroatoms. The van der Waals surface area contributed by atoms with Crippen molar-refractivity contribution in [2.75, 3.05) is 33.8 Å². The Hall–Kier alpha value is -1.11. The molecule has 0 aliphatic carbocycles. The second kappa shape index (κ2) is 5.94. The molecule has 0 amide bonds. The number of nitrogens with zero attached hydrogens (tertiary/aromatic N) is 2. The summed E-state index contributed by atoms with van der Waals surface area (Å²) in [6.45, 7) is 7.66. The summed E-state index contributed by atoms with van der Waals surface area (Å²) in [5, 5.41) is 0. The van der Waals surface area contributed by atoms with Gasteiger partial charge in [-0.3, -0.25) is 0 Å². The highest BCUT2D eigenvalue weighted by atomic mass is 32.2. The fraction of sp³-hybridized carbons (Fsp3) is 0.600. The maximum absolute atomic E-state index is 13.0. The molecule has 1 atom stereocenters. The van der Waals surface area contributed by atoms with Crippen molar-refractivity contribution in [2.24, 2.45) is 0 Å². The van der Waals surface area contributed by atoms with E-state index in [1.807, 2.05) is 27.8 Å². The van der Waals surface area contributed by atoms with Crippen molar-refractivity contribution in [3.8, 4) is 5.75 Å². The van der Waals surface area contributed by atoms with Crippen LogP contribution in [0.5, 0.6) is 5.75 Å². The Kier molecular flexibility index (Phi) is 4.60. The predicted molar refractivity (Wildman–Crippen MR) is 83.3 cm³/mol. The monoisotopic (exact) mass is 312 g/mol. The van der Waals surface area contributed by atoms with Gasteiger partial charge < -0.3 is 9.64 Å². The number of aryl methyl sites for hydroxylation is 2. The molecule has 5 nitrogen and oxygen atoms in total. The van der Waals surface area contributed by atoms with Gasteiger partial charge in [0.2, 0.25) is 10.0 Å². The average Bonchev–Trinajstić information content (AvgIpc) is 2.36. The van der Waals surface area contributed by atoms with Crippen LogP contribution in [0.25, 0.3) is 0 Å². The van der Waals surface area contributed by atoms with Gasteiger partial charge in [-0.15, -0.1) is 0 Å². The Morgan fingerprint density at radius 1 is 1.19 bits per heavy atom. The minimum atomic E-state index is -3.47. The zero-order valence-corrected chi connectivity index (χ0v) is 14.2. The van der Waals surface area contributed by atoms with E-state index in [-0.39, 0.29) is 6.04 Å². The van der Waals surface area contributed by atoms with Crippen LogP contribution in [0.4, 0.5) is 0 Å². The summed E-state index contributed by atoms with van der Waals surface area (Å²) in [6, 6.07) is 3.54. The number of rotatable bonds is 3. The number of piperazine rings is 1. The number of methoxy groups -OCH3 is 1. The number of benzene rings is 1. The highest BCUT2D eigenvalue weighted by Crippen LogP contribution is 2.29. The molecule has 1 aliphatic rings. The Morgan fingerprint density at radius 2 is 1.76 bits per heavy atom. The fourth-order valence-electron chi connectivity index (χ4n) is 3.03. The molecule has 118 valence electrons. The van der Waals surface area contributed by atoms with Gasteiger partial charge in [-0.1, -0.05) is 0 Å². The third-order valence-corrected chi connectivity index (χ3v) is 6.33. The molecule has 0 spiro atoms. The van der Waals surface area contributed by atoms with Crippen molar-refractivity contribution < 1.29 is 13.2 Å². The van der Waals surface area contributed by atoms with Gasteiger partial charge in [0.1, 0.15) is 5.75 Å². The molecule has 0 aromatic heterocycles. The first-order chi connectivity index (χ1) is 9.77. The van der Waals surface area contributed by atoms with E-state index in [9.17, 15) is 8.42 Å². The highest BCUT2D eigenvalue weighted by molar-refractivity contribution is 7.89. The highest BCUT2D eigenvalue weighted by Gasteiger charge is 2.34. The van der Waals surface area contributed by atoms with Crippen molar-refractivity contribution in [3.63, 3.8) is 0 Å². The van der Waals surface area contributed by atoms with Gasteiger partial charge in [-0.05, 0) is 51.1 Å². The average molecular weight is 312 g/mol. The lowest BCUT2D eigenvalue weighted by Crippen LogP contribution is -2.52. The third-order valence-electron chi connectivity index (χ3n) is 4.01. The van der Waals surface area contributed by atoms with Crippen LogP contribution in [-0.2, 0) is 10.0 Å². The van der Waals surface area contributed by atoms with Gasteiger partial charge in [0.25, 0.3) is 0 Å². The van der Waals surface area contributed by atoms with E-state index in [2.05, 4.69) is 4.90 Å². The van der Waals surface area contributed by atoms with Crippen LogP contribution in [0.15, 0.2) is 17.0 Å². The fourth-order valence-corrected chi connectivity index (χ4v) is 5.06. The van der Waals surface area contributed by atoms with Crippen LogP contribution in [0, 0.1) is 13.8 Å². The summed E-state index contributed by atoms with van der Waals surface area (Å²) in [5.74, 6) is 0.690. The van der Waals surface area contributed by atoms with E-state index in [1.165, 1.54) is 0 Å². The number of sulfonamides is 1. The van der Waals surface area contributed by atoms with Crippen molar-refractivity contribution in [1.29, 1.82) is 0 Å². The zero-order chi connectivity index (χ0) is 15.8. The van der Waals surface area contributed by atoms with Crippen molar-refractivity contribution in [1.82, 2.24) is 9.21 Å². The lowest BCUT2D eigenvalue weighted by atomic mass is 10.1. The number of hydrogen-bond donors (Lipinski definition) is 0. The number of hydrogen-bond acceptors (Lipinski definition) is 4. The maximum atomic E-state index is 13.0. The molecule has 1 heterocycles. The third kappa shape index (κ3) is 3.07. The summed E-state index contributed by atoms with van der Waals surface area (Å²) in [7, 11) is 0.137. The Balaban J connectivity index is 2.45. The number of likely N-dealkylation sites (N-methyl/N-ethyl adjacent to an activating group) is 1. The molecule has 1 aliphatic heterocycles. The molecule has 1 aromatic carbocycles. The Morgan fingerprint density at radius 3 is 2.24 bits per heavy atom. The van der Waals surface area contributed by atoms with Gasteiger partial charge in [0.15, 0.2) is 0 Å². The quantitative estimate of drug-likeness (QED) is 0.851. The molecule has 1 aromatic rings. The Labute approximate surface area is 127 Å². The van der Waals surface area contributed by atoms with Gasteiger partial charge in [-0.25, -0.2) is 8.42 Å². The van der Waals surface area contributed by atoms with Crippen LogP contribution in [0.3, 0.4) is 0 Å². The molecule has 2 rings (SSSR count). The smallest absolute Gasteiger partial charge is 0.243 e. The molecule has 0 N–H and O–H groups in total. The maximum Gasteiger partial charge on any atom is 0.243 e. The van der Waals surface area contributed by atoms with Gasteiger partial charge in [0.05, 0.1) is 12.0 Å². The van der Waals surface area contributed by atoms with Crippen LogP contribution in [0.2, 0.25) is 0 Å². The first kappa shape index (κ1) is 16.3. The van der Waals surface area contributed by atoms with E-state index in [4.69, 9.17) is 4.74 Å². The molecule has 0 bridgehead atoms. The first-order valence-electron chi connectivity index (χ1n) is 7.13. The van der Waals surface area contributed by atoms with E-state index in [0.717, 1.165) is 24.2 Å². The summed E-state index contributed by atoms with van der Waals surface area (Å²) in [6.07, 6.45) is 0. The second-order valence-corrected chi connectivity index (χ2v) is 7.64. The molecule has 1 fully saturated rings. The molecule has 0 saturated carbocycles. The van der Waals surface area contributed by atoms with Crippen LogP contribution >= 0.6 is 0 Å². The van der Waals surface area contributed by atoms with Crippen molar-refractivity contribution >= 4 is 10.0 Å². The van der Waals surface area contributed by atoms with Gasteiger partial charge in [-0.2, -0.15) is 4.31 Å². The van der Waals surface area contributed by atoms with Crippen LogP contribution in [0.1, 0.15) is 18.1 Å². The van der Waals surface area contributed by atoms with Gasteiger partial charge in [0, 0.05) is 25.7 Å². The molecule has 21 heavy (non-hydrogen) atoms. The standard InChI is InChI=1S/C15H24N2O3S/c1-11-8-14(20-5)9-12(2)15(11)21(18,19)17-7-6-16(4)10-13(17)3/h8-9,13H,6-7,10H2,1-5H3. The van der Waals surface area contributed by atoms with Gasteiger partial charge >= 0.3 is 0 Å². The lowest BCUT2D eigenvalue weighted by Gasteiger charge is -2.37. The van der Waals surface area contributed by atoms with Crippen LogP contribution in [-0.4, -0.2) is 57.5 Å². The summed E-state index contributed by atoms with van der Waals surface area (Å²) >= 11 is 0. The second-order valence-electron chi connectivity index (χ2n) is 5.82. The number of ether oxygens (including phenoxy) is 1. The molecular formula is C15H24N2O3S. The minimum Gasteiger partial charge on any atom is -0.497 e. The van der Waals surface area contributed by atoms with E-state index >= 15 is 0 Å². The zero-order valence-electron chi connectivity index (χ0n) is 13.4. The summed E-state index contributed by atoms with van der Waals surface area (Å²) in [5.41, 5.74) is 1.47. The SMILES string of the molecule is COc1cc(C)c(S(=O)(=O)N2CCN(C)CC2C)c(C)c1. The Bertz CT molecular complexity index is 605. The first-order valence-corrected chi connectivity index (χ1v) is 8.57. The van der Waals surface area contributed by atoms with Crippen molar-refractivity contribution in [3.05, 3.63) is 23.3 Å². The molecule has 1 saturated heterocycles. The summed E-state index contributed by atoms with van der Waals surface area (Å²) in [4.78, 5) is 2.57. The van der Waals surface area contributed by atoms with E-state index in [0.29, 0.717) is 17.2 Å². The molecule has 0 radical (unpaired) electrons.